The Labute approximate surface area is 128 Å². The fourth-order valence-corrected chi connectivity index (χ4v) is 3.69. The Morgan fingerprint density at radius 1 is 1.19 bits per heavy atom. The van der Waals surface area contributed by atoms with Crippen LogP contribution in [0.2, 0.25) is 0 Å². The summed E-state index contributed by atoms with van der Waals surface area (Å²) < 4.78 is 5.40. The molecule has 1 aliphatic heterocycles. The number of anilines is 1. The minimum Gasteiger partial charge on any atom is -0.378 e. The molecule has 2 aromatic rings. The van der Waals surface area contributed by atoms with E-state index in [2.05, 4.69) is 22.0 Å². The van der Waals surface area contributed by atoms with E-state index in [1.807, 2.05) is 13.8 Å². The second-order valence-electron chi connectivity index (χ2n) is 5.21. The lowest BCUT2D eigenvalue weighted by atomic mass is 10.1. The maximum atomic E-state index is 5.89. The van der Waals surface area contributed by atoms with Crippen LogP contribution in [0.1, 0.15) is 17.1 Å². The van der Waals surface area contributed by atoms with Gasteiger partial charge in [-0.2, -0.15) is 0 Å². The Balaban J connectivity index is 1.99. The molecule has 0 bridgehead atoms. The van der Waals surface area contributed by atoms with Crippen LogP contribution in [0, 0.1) is 13.8 Å². The van der Waals surface area contributed by atoms with Crippen LogP contribution in [0.15, 0.2) is 12.1 Å². The predicted molar refractivity (Wildman–Crippen MR) is 85.7 cm³/mol. The van der Waals surface area contributed by atoms with Crippen molar-refractivity contribution in [1.29, 1.82) is 0 Å². The van der Waals surface area contributed by atoms with Crippen molar-refractivity contribution in [2.45, 2.75) is 20.4 Å². The first kappa shape index (κ1) is 14.4. The van der Waals surface area contributed by atoms with Gasteiger partial charge in [-0.05, 0) is 31.5 Å². The maximum Gasteiger partial charge on any atom is 0.186 e. The van der Waals surface area contributed by atoms with Crippen molar-refractivity contribution in [1.82, 2.24) is 9.97 Å². The van der Waals surface area contributed by atoms with E-state index in [1.54, 1.807) is 11.3 Å². The lowest BCUT2D eigenvalue weighted by Crippen LogP contribution is -2.36. The molecule has 0 atom stereocenters. The lowest BCUT2D eigenvalue weighted by molar-refractivity contribution is 0.122. The minimum absolute atomic E-state index is 0.455. The van der Waals surface area contributed by atoms with Crippen LogP contribution in [0.4, 0.5) is 5.13 Å². The maximum absolute atomic E-state index is 5.89. The predicted octanol–water partition coefficient (Wildman–Crippen LogP) is 2.12. The van der Waals surface area contributed by atoms with Gasteiger partial charge in [-0.3, -0.25) is 4.98 Å². The molecule has 21 heavy (non-hydrogen) atoms. The molecule has 1 saturated heterocycles. The molecule has 0 aromatic carbocycles. The van der Waals surface area contributed by atoms with E-state index in [-0.39, 0.29) is 0 Å². The van der Waals surface area contributed by atoms with Gasteiger partial charge in [0.25, 0.3) is 0 Å². The summed E-state index contributed by atoms with van der Waals surface area (Å²) in [6.45, 7) is 7.80. The minimum atomic E-state index is 0.455. The molecule has 0 saturated carbocycles. The number of morpholine rings is 1. The summed E-state index contributed by atoms with van der Waals surface area (Å²) in [6.07, 6.45) is 0. The molecule has 3 rings (SSSR count). The van der Waals surface area contributed by atoms with E-state index in [0.29, 0.717) is 6.54 Å². The first-order valence-corrected chi connectivity index (χ1v) is 7.97. The Kier molecular flexibility index (Phi) is 4.19. The third-order valence-corrected chi connectivity index (χ3v) is 4.71. The van der Waals surface area contributed by atoms with Crippen LogP contribution in [0.25, 0.3) is 10.4 Å². The second kappa shape index (κ2) is 6.09. The standard InChI is InChI=1S/C15H20N4OS/c1-10-7-12(8-11(2)17-10)14-13(9-16)18-15(21-14)19-3-5-20-6-4-19/h7-8H,3-6,9,16H2,1-2H3. The molecule has 1 fully saturated rings. The Morgan fingerprint density at radius 3 is 2.48 bits per heavy atom. The molecule has 0 unspecified atom stereocenters. The summed E-state index contributed by atoms with van der Waals surface area (Å²) in [7, 11) is 0. The van der Waals surface area contributed by atoms with Gasteiger partial charge in [0.2, 0.25) is 0 Å². The summed E-state index contributed by atoms with van der Waals surface area (Å²) in [5.74, 6) is 0. The molecule has 0 amide bonds. The molecule has 0 radical (unpaired) electrons. The van der Waals surface area contributed by atoms with Crippen molar-refractivity contribution in [2.75, 3.05) is 31.2 Å². The highest BCUT2D eigenvalue weighted by molar-refractivity contribution is 7.19. The van der Waals surface area contributed by atoms with Gasteiger partial charge in [0.15, 0.2) is 5.13 Å². The third-order valence-electron chi connectivity index (χ3n) is 3.50. The number of nitrogens with zero attached hydrogens (tertiary/aromatic N) is 3. The Bertz CT molecular complexity index is 614. The third kappa shape index (κ3) is 3.07. The van der Waals surface area contributed by atoms with E-state index >= 15 is 0 Å². The van der Waals surface area contributed by atoms with Crippen molar-refractivity contribution in [3.63, 3.8) is 0 Å². The van der Waals surface area contributed by atoms with Crippen molar-refractivity contribution in [3.8, 4) is 10.4 Å². The molecular weight excluding hydrogens is 284 g/mol. The number of aromatic nitrogens is 2. The van der Waals surface area contributed by atoms with Crippen molar-refractivity contribution >= 4 is 16.5 Å². The van der Waals surface area contributed by atoms with E-state index in [1.165, 1.54) is 0 Å². The first-order chi connectivity index (χ1) is 10.2. The zero-order valence-corrected chi connectivity index (χ0v) is 13.2. The van der Waals surface area contributed by atoms with Gasteiger partial charge in [-0.25, -0.2) is 4.98 Å². The fraction of sp³-hybridized carbons (Fsp3) is 0.467. The van der Waals surface area contributed by atoms with Crippen molar-refractivity contribution in [2.24, 2.45) is 5.73 Å². The highest BCUT2D eigenvalue weighted by Gasteiger charge is 2.19. The lowest BCUT2D eigenvalue weighted by Gasteiger charge is -2.26. The summed E-state index contributed by atoms with van der Waals surface area (Å²) in [4.78, 5) is 12.6. The van der Waals surface area contributed by atoms with Crippen molar-refractivity contribution in [3.05, 3.63) is 29.2 Å². The summed E-state index contributed by atoms with van der Waals surface area (Å²) >= 11 is 1.71. The van der Waals surface area contributed by atoms with E-state index in [4.69, 9.17) is 15.5 Å². The number of thiazole rings is 1. The molecule has 6 heteroatoms. The number of ether oxygens (including phenoxy) is 1. The smallest absolute Gasteiger partial charge is 0.186 e. The number of pyridine rings is 1. The number of hydrogen-bond donors (Lipinski definition) is 1. The first-order valence-electron chi connectivity index (χ1n) is 7.15. The van der Waals surface area contributed by atoms with E-state index in [9.17, 15) is 0 Å². The molecular formula is C15H20N4OS. The summed E-state index contributed by atoms with van der Waals surface area (Å²) in [5, 5.41) is 1.04. The van der Waals surface area contributed by atoms with Gasteiger partial charge in [0.1, 0.15) is 0 Å². The molecule has 0 spiro atoms. The number of aryl methyl sites for hydroxylation is 2. The zero-order chi connectivity index (χ0) is 14.8. The number of hydrogen-bond acceptors (Lipinski definition) is 6. The summed E-state index contributed by atoms with van der Waals surface area (Å²) in [6, 6.07) is 4.20. The van der Waals surface area contributed by atoms with Gasteiger partial charge in [0, 0.05) is 31.0 Å². The molecule has 2 N–H and O–H groups in total. The van der Waals surface area contributed by atoms with Crippen LogP contribution in [0.3, 0.4) is 0 Å². The topological polar surface area (TPSA) is 64.3 Å². The van der Waals surface area contributed by atoms with Gasteiger partial charge in [-0.15, -0.1) is 0 Å². The highest BCUT2D eigenvalue weighted by atomic mass is 32.1. The summed E-state index contributed by atoms with van der Waals surface area (Å²) in [5.41, 5.74) is 10.1. The van der Waals surface area contributed by atoms with Crippen molar-refractivity contribution < 1.29 is 4.74 Å². The Morgan fingerprint density at radius 2 is 1.86 bits per heavy atom. The van der Waals surface area contributed by atoms with Gasteiger partial charge < -0.3 is 15.4 Å². The Hall–Kier alpha value is -1.50. The highest BCUT2D eigenvalue weighted by Crippen LogP contribution is 2.35. The van der Waals surface area contributed by atoms with Gasteiger partial charge >= 0.3 is 0 Å². The van der Waals surface area contributed by atoms with Gasteiger partial charge in [0.05, 0.1) is 23.8 Å². The molecule has 2 aromatic heterocycles. The zero-order valence-electron chi connectivity index (χ0n) is 12.4. The van der Waals surface area contributed by atoms with Crippen LogP contribution in [0.5, 0.6) is 0 Å². The fourth-order valence-electron chi connectivity index (χ4n) is 2.56. The second-order valence-corrected chi connectivity index (χ2v) is 6.19. The normalized spacial score (nSPS) is 15.5. The van der Waals surface area contributed by atoms with E-state index < -0.39 is 0 Å². The quantitative estimate of drug-likeness (QED) is 0.941. The van der Waals surface area contributed by atoms with Gasteiger partial charge in [-0.1, -0.05) is 11.3 Å². The molecule has 112 valence electrons. The SMILES string of the molecule is Cc1cc(-c2sc(N3CCOCC3)nc2CN)cc(C)n1. The van der Waals surface area contributed by atoms with Crippen LogP contribution >= 0.6 is 11.3 Å². The number of nitrogens with two attached hydrogens (primary N) is 1. The molecule has 5 nitrogen and oxygen atoms in total. The number of rotatable bonds is 3. The monoisotopic (exact) mass is 304 g/mol. The largest absolute Gasteiger partial charge is 0.378 e. The van der Waals surface area contributed by atoms with Crippen LogP contribution in [-0.4, -0.2) is 36.3 Å². The molecule has 3 heterocycles. The van der Waals surface area contributed by atoms with Crippen LogP contribution in [-0.2, 0) is 11.3 Å². The average Bonchev–Trinajstić information content (AvgIpc) is 2.91. The molecule has 0 aliphatic carbocycles. The van der Waals surface area contributed by atoms with Crippen LogP contribution < -0.4 is 10.6 Å². The van der Waals surface area contributed by atoms with E-state index in [0.717, 1.165) is 59.0 Å². The molecule has 1 aliphatic rings. The average molecular weight is 304 g/mol.